The molecule has 130 valence electrons. The topological polar surface area (TPSA) is 61.9 Å². The Bertz CT molecular complexity index is 806. The molecule has 0 saturated carbocycles. The summed E-state index contributed by atoms with van der Waals surface area (Å²) in [4.78, 5) is 28.5. The summed E-state index contributed by atoms with van der Waals surface area (Å²) < 4.78 is 5.31. The number of benzene rings is 2. The number of likely N-dealkylation sites (N-methyl/N-ethyl adjacent to an activating group) is 1. The molecule has 2 aromatic carbocycles. The Morgan fingerprint density at radius 1 is 1.20 bits per heavy atom. The fourth-order valence-corrected chi connectivity index (χ4v) is 3.16. The van der Waals surface area contributed by atoms with Crippen LogP contribution < -0.4 is 15.0 Å². The molecule has 6 nitrogen and oxygen atoms in total. The molecule has 0 saturated heterocycles. The van der Waals surface area contributed by atoms with Crippen LogP contribution in [-0.4, -0.2) is 44.5 Å². The summed E-state index contributed by atoms with van der Waals surface area (Å²) in [6.07, 6.45) is -0.394. The van der Waals surface area contributed by atoms with Crippen molar-refractivity contribution in [2.45, 2.75) is 6.17 Å². The zero-order valence-electron chi connectivity index (χ0n) is 14.5. The second-order valence-electron chi connectivity index (χ2n) is 5.88. The lowest BCUT2D eigenvalue weighted by Crippen LogP contribution is -2.50. The highest BCUT2D eigenvalue weighted by molar-refractivity contribution is 6.02. The molecule has 0 spiro atoms. The lowest BCUT2D eigenvalue weighted by Gasteiger charge is -2.44. The molecule has 1 aliphatic heterocycles. The second-order valence-corrected chi connectivity index (χ2v) is 5.88. The van der Waals surface area contributed by atoms with Crippen LogP contribution in [-0.2, 0) is 4.79 Å². The van der Waals surface area contributed by atoms with Crippen LogP contribution in [0.15, 0.2) is 48.5 Å². The van der Waals surface area contributed by atoms with Crippen LogP contribution >= 0.6 is 0 Å². The number of carbonyl (C=O) groups excluding carboxylic acids is 2. The second kappa shape index (κ2) is 6.84. The van der Waals surface area contributed by atoms with E-state index in [-0.39, 0.29) is 18.4 Å². The van der Waals surface area contributed by atoms with E-state index in [2.05, 4.69) is 5.32 Å². The van der Waals surface area contributed by atoms with Gasteiger partial charge in [0.05, 0.1) is 24.9 Å². The van der Waals surface area contributed by atoms with Crippen molar-refractivity contribution in [3.8, 4) is 5.75 Å². The minimum Gasteiger partial charge on any atom is -0.497 e. The van der Waals surface area contributed by atoms with Gasteiger partial charge in [0, 0.05) is 14.1 Å². The Kier molecular flexibility index (Phi) is 4.61. The van der Waals surface area contributed by atoms with Crippen molar-refractivity contribution >= 4 is 17.5 Å². The minimum absolute atomic E-state index is 0.0726. The molecular formula is C19H21N3O3. The number of methoxy groups -OCH3 is 1. The number of nitrogens with one attached hydrogen (secondary N) is 1. The highest BCUT2D eigenvalue weighted by atomic mass is 16.5. The molecule has 0 radical (unpaired) electrons. The van der Waals surface area contributed by atoms with Crippen LogP contribution in [0.1, 0.15) is 22.1 Å². The van der Waals surface area contributed by atoms with Crippen LogP contribution in [0.3, 0.4) is 0 Å². The van der Waals surface area contributed by atoms with E-state index in [0.29, 0.717) is 11.3 Å². The van der Waals surface area contributed by atoms with Crippen LogP contribution in [0, 0.1) is 0 Å². The van der Waals surface area contributed by atoms with E-state index in [9.17, 15) is 9.59 Å². The molecule has 0 fully saturated rings. The third kappa shape index (κ3) is 3.03. The van der Waals surface area contributed by atoms with E-state index >= 15 is 0 Å². The first-order chi connectivity index (χ1) is 12.1. The third-order valence-corrected chi connectivity index (χ3v) is 4.41. The lowest BCUT2D eigenvalue weighted by molar-refractivity contribution is -0.119. The smallest absolute Gasteiger partial charge is 0.257 e. The van der Waals surface area contributed by atoms with Crippen LogP contribution in [0.2, 0.25) is 0 Å². The number of para-hydroxylation sites is 1. The maximum atomic E-state index is 12.8. The molecule has 0 bridgehead atoms. The normalized spacial score (nSPS) is 16.4. The molecule has 6 heteroatoms. The number of amides is 2. The van der Waals surface area contributed by atoms with Crippen molar-refractivity contribution in [2.75, 3.05) is 32.6 Å². The molecule has 2 amide bonds. The van der Waals surface area contributed by atoms with Gasteiger partial charge in [0.2, 0.25) is 5.91 Å². The first kappa shape index (κ1) is 16.8. The standard InChI is InChI=1S/C19H21N3O3/c1-20-17(23)12-22-16-10-5-4-9-15(16)19(24)21(2)18(22)13-7-6-8-14(11-13)25-3/h4-11,18H,12H2,1-3H3,(H,20,23). The zero-order chi connectivity index (χ0) is 18.0. The molecule has 2 aromatic rings. The number of anilines is 1. The minimum atomic E-state index is -0.394. The van der Waals surface area contributed by atoms with Crippen molar-refractivity contribution in [3.05, 3.63) is 59.7 Å². The van der Waals surface area contributed by atoms with Gasteiger partial charge in [-0.3, -0.25) is 9.59 Å². The number of hydrogen-bond acceptors (Lipinski definition) is 4. The van der Waals surface area contributed by atoms with Crippen molar-refractivity contribution in [2.24, 2.45) is 0 Å². The first-order valence-electron chi connectivity index (χ1n) is 8.04. The molecule has 3 rings (SSSR count). The van der Waals surface area contributed by atoms with E-state index in [1.807, 2.05) is 47.4 Å². The molecule has 0 aliphatic carbocycles. The van der Waals surface area contributed by atoms with E-state index in [4.69, 9.17) is 4.74 Å². The number of carbonyl (C=O) groups is 2. The lowest BCUT2D eigenvalue weighted by atomic mass is 10.0. The van der Waals surface area contributed by atoms with Crippen molar-refractivity contribution in [3.63, 3.8) is 0 Å². The van der Waals surface area contributed by atoms with Crippen molar-refractivity contribution < 1.29 is 14.3 Å². The quantitative estimate of drug-likeness (QED) is 0.926. The molecule has 1 aliphatic rings. The molecule has 25 heavy (non-hydrogen) atoms. The SMILES string of the molecule is CNC(=O)CN1c2ccccc2C(=O)N(C)C1c1cccc(OC)c1. The van der Waals surface area contributed by atoms with Crippen LogP contribution in [0.5, 0.6) is 5.75 Å². The average Bonchev–Trinajstić information content (AvgIpc) is 2.66. The van der Waals surface area contributed by atoms with Gasteiger partial charge in [-0.05, 0) is 29.8 Å². The van der Waals surface area contributed by atoms with E-state index in [1.54, 1.807) is 32.2 Å². The number of hydrogen-bond donors (Lipinski definition) is 1. The number of fused-ring (bicyclic) bond motifs is 1. The van der Waals surface area contributed by atoms with Gasteiger partial charge in [-0.15, -0.1) is 0 Å². The van der Waals surface area contributed by atoms with Gasteiger partial charge in [-0.2, -0.15) is 0 Å². The number of rotatable bonds is 4. The average molecular weight is 339 g/mol. The molecule has 1 N–H and O–H groups in total. The number of nitrogens with zero attached hydrogens (tertiary/aromatic N) is 2. The van der Waals surface area contributed by atoms with Gasteiger partial charge < -0.3 is 19.9 Å². The van der Waals surface area contributed by atoms with Gasteiger partial charge in [0.15, 0.2) is 0 Å². The maximum absolute atomic E-state index is 12.8. The first-order valence-corrected chi connectivity index (χ1v) is 8.04. The predicted octanol–water partition coefficient (Wildman–Crippen LogP) is 2.03. The molecule has 1 atom stereocenters. The molecular weight excluding hydrogens is 318 g/mol. The Morgan fingerprint density at radius 2 is 1.96 bits per heavy atom. The highest BCUT2D eigenvalue weighted by Crippen LogP contribution is 2.38. The van der Waals surface area contributed by atoms with Gasteiger partial charge in [0.25, 0.3) is 5.91 Å². The third-order valence-electron chi connectivity index (χ3n) is 4.41. The summed E-state index contributed by atoms with van der Waals surface area (Å²) in [5.74, 6) is 0.513. The zero-order valence-corrected chi connectivity index (χ0v) is 14.5. The Morgan fingerprint density at radius 3 is 2.68 bits per heavy atom. The maximum Gasteiger partial charge on any atom is 0.257 e. The molecule has 0 aromatic heterocycles. The summed E-state index contributed by atoms with van der Waals surface area (Å²) in [5, 5.41) is 2.65. The summed E-state index contributed by atoms with van der Waals surface area (Å²) in [7, 11) is 4.96. The van der Waals surface area contributed by atoms with E-state index < -0.39 is 6.17 Å². The summed E-state index contributed by atoms with van der Waals surface area (Å²) in [6.45, 7) is 0.146. The van der Waals surface area contributed by atoms with Crippen LogP contribution in [0.25, 0.3) is 0 Å². The van der Waals surface area contributed by atoms with Gasteiger partial charge in [-0.1, -0.05) is 24.3 Å². The fraction of sp³-hybridized carbons (Fsp3) is 0.263. The summed E-state index contributed by atoms with van der Waals surface area (Å²) >= 11 is 0. The molecule has 1 heterocycles. The largest absolute Gasteiger partial charge is 0.497 e. The van der Waals surface area contributed by atoms with E-state index in [1.165, 1.54) is 0 Å². The Balaban J connectivity index is 2.13. The predicted molar refractivity (Wildman–Crippen MR) is 95.7 cm³/mol. The van der Waals surface area contributed by atoms with E-state index in [0.717, 1.165) is 11.3 Å². The molecule has 1 unspecified atom stereocenters. The highest BCUT2D eigenvalue weighted by Gasteiger charge is 2.37. The van der Waals surface area contributed by atoms with Crippen LogP contribution in [0.4, 0.5) is 5.69 Å². The van der Waals surface area contributed by atoms with Gasteiger partial charge in [0.1, 0.15) is 11.9 Å². The fourth-order valence-electron chi connectivity index (χ4n) is 3.16. The summed E-state index contributed by atoms with van der Waals surface area (Å²) in [6, 6.07) is 14.9. The Labute approximate surface area is 147 Å². The van der Waals surface area contributed by atoms with Crippen molar-refractivity contribution in [1.29, 1.82) is 0 Å². The number of ether oxygens (including phenoxy) is 1. The monoisotopic (exact) mass is 339 g/mol. The van der Waals surface area contributed by atoms with Crippen molar-refractivity contribution in [1.82, 2.24) is 10.2 Å². The van der Waals surface area contributed by atoms with Gasteiger partial charge in [-0.25, -0.2) is 0 Å². The summed E-state index contributed by atoms with van der Waals surface area (Å²) in [5.41, 5.74) is 2.23. The Hall–Kier alpha value is -3.02. The van der Waals surface area contributed by atoms with Gasteiger partial charge >= 0.3 is 0 Å².